The molecule has 0 radical (unpaired) electrons. The van der Waals surface area contributed by atoms with E-state index in [-0.39, 0.29) is 5.92 Å². The van der Waals surface area contributed by atoms with Crippen LogP contribution >= 0.6 is 0 Å². The lowest BCUT2D eigenvalue weighted by atomic mass is 10.1. The van der Waals surface area contributed by atoms with Crippen LogP contribution in [0.15, 0.2) is 24.3 Å². The molecule has 17 heavy (non-hydrogen) atoms. The van der Waals surface area contributed by atoms with Gasteiger partial charge < -0.3 is 9.84 Å². The van der Waals surface area contributed by atoms with Gasteiger partial charge in [-0.3, -0.25) is 9.69 Å². The Labute approximate surface area is 101 Å². The lowest BCUT2D eigenvalue weighted by Crippen LogP contribution is -2.23. The van der Waals surface area contributed by atoms with Crippen LogP contribution in [0.1, 0.15) is 12.0 Å². The summed E-state index contributed by atoms with van der Waals surface area (Å²) in [5.74, 6) is -0.0384. The third kappa shape index (κ3) is 2.77. The molecule has 0 spiro atoms. The van der Waals surface area contributed by atoms with E-state index < -0.39 is 5.97 Å². The summed E-state index contributed by atoms with van der Waals surface area (Å²) in [7, 11) is 1.66. The summed E-state index contributed by atoms with van der Waals surface area (Å²) >= 11 is 0. The van der Waals surface area contributed by atoms with Gasteiger partial charge in [0.1, 0.15) is 5.75 Å². The number of carbonyl (C=O) groups is 1. The standard InChI is InChI=1S/C13H17NO3/c1-17-12-5-3-2-4-10(12)8-14-7-6-11(9-14)13(15)16/h2-5,11H,6-9H2,1H3,(H,15,16)/t11-/m0/s1. The highest BCUT2D eigenvalue weighted by atomic mass is 16.5. The van der Waals surface area contributed by atoms with Crippen molar-refractivity contribution in [2.24, 2.45) is 5.92 Å². The second-order valence-electron chi connectivity index (χ2n) is 4.37. The molecular formula is C13H17NO3. The van der Waals surface area contributed by atoms with E-state index in [1.807, 2.05) is 24.3 Å². The number of likely N-dealkylation sites (tertiary alicyclic amines) is 1. The summed E-state index contributed by atoms with van der Waals surface area (Å²) < 4.78 is 5.29. The second-order valence-corrected chi connectivity index (χ2v) is 4.37. The fourth-order valence-electron chi connectivity index (χ4n) is 2.25. The number of methoxy groups -OCH3 is 1. The molecular weight excluding hydrogens is 218 g/mol. The van der Waals surface area contributed by atoms with Crippen molar-refractivity contribution >= 4 is 5.97 Å². The Balaban J connectivity index is 2.00. The first-order valence-electron chi connectivity index (χ1n) is 5.77. The van der Waals surface area contributed by atoms with Gasteiger partial charge in [-0.1, -0.05) is 18.2 Å². The molecule has 1 atom stereocenters. The molecule has 1 aromatic rings. The highest BCUT2D eigenvalue weighted by Crippen LogP contribution is 2.23. The van der Waals surface area contributed by atoms with Crippen molar-refractivity contribution in [2.45, 2.75) is 13.0 Å². The van der Waals surface area contributed by atoms with Crippen molar-refractivity contribution < 1.29 is 14.6 Å². The molecule has 1 saturated heterocycles. The van der Waals surface area contributed by atoms with Crippen LogP contribution in [-0.4, -0.2) is 36.2 Å². The van der Waals surface area contributed by atoms with Gasteiger partial charge in [0.05, 0.1) is 13.0 Å². The van der Waals surface area contributed by atoms with Gasteiger partial charge in [-0.05, 0) is 19.0 Å². The normalized spacial score (nSPS) is 20.4. The number of hydrogen-bond acceptors (Lipinski definition) is 3. The lowest BCUT2D eigenvalue weighted by Gasteiger charge is -2.17. The van der Waals surface area contributed by atoms with Gasteiger partial charge in [-0.15, -0.1) is 0 Å². The van der Waals surface area contributed by atoms with Crippen molar-refractivity contribution in [2.75, 3.05) is 20.2 Å². The van der Waals surface area contributed by atoms with Gasteiger partial charge in [0.2, 0.25) is 0 Å². The van der Waals surface area contributed by atoms with Crippen molar-refractivity contribution in [3.8, 4) is 5.75 Å². The molecule has 1 N–H and O–H groups in total. The molecule has 0 amide bonds. The minimum atomic E-state index is -0.687. The Kier molecular flexibility index (Phi) is 3.64. The van der Waals surface area contributed by atoms with Crippen LogP contribution in [0, 0.1) is 5.92 Å². The van der Waals surface area contributed by atoms with Gasteiger partial charge in [0, 0.05) is 18.7 Å². The molecule has 1 aromatic carbocycles. The maximum atomic E-state index is 10.9. The van der Waals surface area contributed by atoms with Crippen LogP contribution in [0.5, 0.6) is 5.75 Å². The average Bonchev–Trinajstić information content (AvgIpc) is 2.78. The molecule has 1 fully saturated rings. The van der Waals surface area contributed by atoms with Crippen LogP contribution in [0.25, 0.3) is 0 Å². The molecule has 1 aliphatic rings. The minimum Gasteiger partial charge on any atom is -0.496 e. The maximum absolute atomic E-state index is 10.9. The van der Waals surface area contributed by atoms with Gasteiger partial charge in [-0.25, -0.2) is 0 Å². The molecule has 0 aliphatic carbocycles. The Bertz CT molecular complexity index is 405. The molecule has 0 saturated carbocycles. The summed E-state index contributed by atoms with van der Waals surface area (Å²) in [5.41, 5.74) is 1.11. The van der Waals surface area contributed by atoms with Crippen LogP contribution < -0.4 is 4.74 Å². The predicted octanol–water partition coefficient (Wildman–Crippen LogP) is 1.60. The van der Waals surface area contributed by atoms with Gasteiger partial charge in [-0.2, -0.15) is 0 Å². The van der Waals surface area contributed by atoms with Crippen LogP contribution in [-0.2, 0) is 11.3 Å². The molecule has 1 heterocycles. The van der Waals surface area contributed by atoms with Crippen LogP contribution in [0.4, 0.5) is 0 Å². The minimum absolute atomic E-state index is 0.218. The van der Waals surface area contributed by atoms with E-state index in [4.69, 9.17) is 9.84 Å². The van der Waals surface area contributed by atoms with E-state index in [1.165, 1.54) is 0 Å². The molecule has 1 aliphatic heterocycles. The number of ether oxygens (including phenoxy) is 1. The number of benzene rings is 1. The van der Waals surface area contributed by atoms with Crippen molar-refractivity contribution in [3.63, 3.8) is 0 Å². The Morgan fingerprint density at radius 3 is 2.94 bits per heavy atom. The predicted molar refractivity (Wildman–Crippen MR) is 64.0 cm³/mol. The number of carboxylic acids is 1. The summed E-state index contributed by atoms with van der Waals surface area (Å²) in [4.78, 5) is 13.0. The van der Waals surface area contributed by atoms with Crippen LogP contribution in [0.2, 0.25) is 0 Å². The first-order valence-corrected chi connectivity index (χ1v) is 5.77. The quantitative estimate of drug-likeness (QED) is 0.861. The fourth-order valence-corrected chi connectivity index (χ4v) is 2.25. The number of rotatable bonds is 4. The zero-order valence-corrected chi connectivity index (χ0v) is 9.93. The number of nitrogens with zero attached hydrogens (tertiary/aromatic N) is 1. The highest BCUT2D eigenvalue weighted by molar-refractivity contribution is 5.70. The van der Waals surface area contributed by atoms with E-state index in [0.717, 1.165) is 30.8 Å². The highest BCUT2D eigenvalue weighted by Gasteiger charge is 2.28. The van der Waals surface area contributed by atoms with E-state index in [2.05, 4.69) is 4.90 Å². The topological polar surface area (TPSA) is 49.8 Å². The Morgan fingerprint density at radius 2 is 2.29 bits per heavy atom. The smallest absolute Gasteiger partial charge is 0.307 e. The molecule has 0 unspecified atom stereocenters. The van der Waals surface area contributed by atoms with E-state index in [9.17, 15) is 4.79 Å². The second kappa shape index (κ2) is 5.19. The molecule has 4 heteroatoms. The number of carboxylic acid groups (broad SMARTS) is 1. The first kappa shape index (κ1) is 11.9. The number of para-hydroxylation sites is 1. The van der Waals surface area contributed by atoms with E-state index in [0.29, 0.717) is 6.54 Å². The summed E-state index contributed by atoms with van der Waals surface area (Å²) in [6.07, 6.45) is 0.741. The van der Waals surface area contributed by atoms with Crippen LogP contribution in [0.3, 0.4) is 0 Å². The lowest BCUT2D eigenvalue weighted by molar-refractivity contribution is -0.141. The van der Waals surface area contributed by atoms with Gasteiger partial charge >= 0.3 is 5.97 Å². The molecule has 4 nitrogen and oxygen atoms in total. The monoisotopic (exact) mass is 235 g/mol. The summed E-state index contributed by atoms with van der Waals surface area (Å²) in [6, 6.07) is 7.86. The molecule has 0 bridgehead atoms. The van der Waals surface area contributed by atoms with Crippen molar-refractivity contribution in [3.05, 3.63) is 29.8 Å². The fraction of sp³-hybridized carbons (Fsp3) is 0.462. The van der Waals surface area contributed by atoms with E-state index in [1.54, 1.807) is 7.11 Å². The molecule has 2 rings (SSSR count). The number of hydrogen-bond donors (Lipinski definition) is 1. The average molecular weight is 235 g/mol. The summed E-state index contributed by atoms with van der Waals surface area (Å²) in [5, 5.41) is 8.95. The number of aliphatic carboxylic acids is 1. The van der Waals surface area contributed by atoms with Crippen molar-refractivity contribution in [1.82, 2.24) is 4.90 Å². The third-order valence-electron chi connectivity index (χ3n) is 3.21. The summed E-state index contributed by atoms with van der Waals surface area (Å²) in [6.45, 7) is 2.23. The zero-order chi connectivity index (χ0) is 12.3. The van der Waals surface area contributed by atoms with Gasteiger partial charge in [0.25, 0.3) is 0 Å². The largest absolute Gasteiger partial charge is 0.496 e. The van der Waals surface area contributed by atoms with Gasteiger partial charge in [0.15, 0.2) is 0 Å². The Hall–Kier alpha value is -1.55. The van der Waals surface area contributed by atoms with Crippen molar-refractivity contribution in [1.29, 1.82) is 0 Å². The Morgan fingerprint density at radius 1 is 1.53 bits per heavy atom. The maximum Gasteiger partial charge on any atom is 0.307 e. The molecule has 0 aromatic heterocycles. The first-order chi connectivity index (χ1) is 8.20. The van der Waals surface area contributed by atoms with E-state index >= 15 is 0 Å². The molecule has 92 valence electrons. The third-order valence-corrected chi connectivity index (χ3v) is 3.21. The SMILES string of the molecule is COc1ccccc1CN1CC[C@H](C(=O)O)C1. The zero-order valence-electron chi connectivity index (χ0n) is 9.93.